The smallest absolute Gasteiger partial charge is 0.246 e. The van der Waals surface area contributed by atoms with Gasteiger partial charge in [-0.3, -0.25) is 9.48 Å². The molecule has 0 N–H and O–H groups in total. The van der Waals surface area contributed by atoms with Crippen LogP contribution in [-0.2, 0) is 11.8 Å². The summed E-state index contributed by atoms with van der Waals surface area (Å²) in [6, 6.07) is 6.05. The third kappa shape index (κ3) is 3.78. The zero-order valence-electron chi connectivity index (χ0n) is 12.3. The minimum Gasteiger partial charge on any atom is -0.335 e. The second-order valence-corrected chi connectivity index (χ2v) is 4.96. The number of carbonyl (C=O) groups excluding carboxylic acids is 1. The molecule has 1 aromatic heterocycles. The van der Waals surface area contributed by atoms with E-state index in [2.05, 4.69) is 5.10 Å². The molecule has 21 heavy (non-hydrogen) atoms. The van der Waals surface area contributed by atoms with Crippen LogP contribution in [0.5, 0.6) is 0 Å². The number of nitrogens with zero attached hydrogens (tertiary/aromatic N) is 3. The largest absolute Gasteiger partial charge is 0.335 e. The summed E-state index contributed by atoms with van der Waals surface area (Å²) in [4.78, 5) is 13.8. The molecule has 1 atom stereocenters. The number of amides is 1. The van der Waals surface area contributed by atoms with Crippen molar-refractivity contribution in [3.05, 3.63) is 59.7 Å². The van der Waals surface area contributed by atoms with Crippen LogP contribution >= 0.6 is 0 Å². The molecule has 1 amide bonds. The molecule has 2 aromatic rings. The van der Waals surface area contributed by atoms with Crippen LogP contribution < -0.4 is 0 Å². The zero-order valence-corrected chi connectivity index (χ0v) is 12.3. The molecular weight excluding hydrogens is 269 g/mol. The highest BCUT2D eigenvalue weighted by molar-refractivity contribution is 5.91. The second-order valence-electron chi connectivity index (χ2n) is 4.96. The minimum absolute atomic E-state index is 0.115. The van der Waals surface area contributed by atoms with Gasteiger partial charge in [-0.05, 0) is 30.7 Å². The van der Waals surface area contributed by atoms with E-state index in [1.165, 1.54) is 18.2 Å². The molecule has 0 fully saturated rings. The van der Waals surface area contributed by atoms with Crippen molar-refractivity contribution < 1.29 is 9.18 Å². The standard InChI is InChI=1S/C16H18FN3O/c1-12(14-5-7-15(17)8-6-14)20(3)16(21)9-4-13-10-18-19(2)11-13/h4-12H,1-3H3. The highest BCUT2D eigenvalue weighted by Gasteiger charge is 2.15. The van der Waals surface area contributed by atoms with Gasteiger partial charge < -0.3 is 4.90 Å². The predicted molar refractivity (Wildman–Crippen MR) is 79.8 cm³/mol. The van der Waals surface area contributed by atoms with Gasteiger partial charge in [0.2, 0.25) is 5.91 Å². The maximum atomic E-state index is 12.9. The fraction of sp³-hybridized carbons (Fsp3) is 0.250. The molecule has 0 spiro atoms. The lowest BCUT2D eigenvalue weighted by atomic mass is 10.1. The summed E-state index contributed by atoms with van der Waals surface area (Å²) in [6.45, 7) is 1.91. The first-order valence-corrected chi connectivity index (χ1v) is 6.66. The Hall–Kier alpha value is -2.43. The topological polar surface area (TPSA) is 38.1 Å². The fourth-order valence-electron chi connectivity index (χ4n) is 1.97. The first-order chi connectivity index (χ1) is 9.97. The Balaban J connectivity index is 2.04. The van der Waals surface area contributed by atoms with Gasteiger partial charge in [0.15, 0.2) is 0 Å². The van der Waals surface area contributed by atoms with E-state index in [0.717, 1.165) is 11.1 Å². The molecule has 0 saturated carbocycles. The number of likely N-dealkylation sites (N-methyl/N-ethyl adjacent to an activating group) is 1. The van der Waals surface area contributed by atoms with Gasteiger partial charge in [0.25, 0.3) is 0 Å². The van der Waals surface area contributed by atoms with Gasteiger partial charge in [-0.15, -0.1) is 0 Å². The first-order valence-electron chi connectivity index (χ1n) is 6.66. The normalized spacial score (nSPS) is 12.6. The SMILES string of the molecule is CC(c1ccc(F)cc1)N(C)C(=O)C=Cc1cnn(C)c1. The number of halogens is 1. The Bertz CT molecular complexity index is 646. The minimum atomic E-state index is -0.281. The summed E-state index contributed by atoms with van der Waals surface area (Å²) in [5.41, 5.74) is 1.76. The van der Waals surface area contributed by atoms with Crippen molar-refractivity contribution in [2.45, 2.75) is 13.0 Å². The van der Waals surface area contributed by atoms with E-state index in [9.17, 15) is 9.18 Å². The van der Waals surface area contributed by atoms with E-state index >= 15 is 0 Å². The number of hydrogen-bond acceptors (Lipinski definition) is 2. The van der Waals surface area contributed by atoms with Crippen molar-refractivity contribution in [3.63, 3.8) is 0 Å². The number of benzene rings is 1. The van der Waals surface area contributed by atoms with E-state index < -0.39 is 0 Å². The van der Waals surface area contributed by atoms with Gasteiger partial charge in [-0.1, -0.05) is 12.1 Å². The summed E-state index contributed by atoms with van der Waals surface area (Å²) < 4.78 is 14.6. The fourth-order valence-corrected chi connectivity index (χ4v) is 1.97. The molecule has 2 rings (SSSR count). The van der Waals surface area contributed by atoms with Gasteiger partial charge in [0.05, 0.1) is 12.2 Å². The molecule has 110 valence electrons. The Kier molecular flexibility index (Phi) is 4.52. The molecule has 1 heterocycles. The van der Waals surface area contributed by atoms with E-state index in [4.69, 9.17) is 0 Å². The lowest BCUT2D eigenvalue weighted by molar-refractivity contribution is -0.126. The van der Waals surface area contributed by atoms with Crippen LogP contribution in [0.15, 0.2) is 42.7 Å². The Morgan fingerprint density at radius 2 is 2.05 bits per heavy atom. The van der Waals surface area contributed by atoms with Crippen molar-refractivity contribution in [1.82, 2.24) is 14.7 Å². The monoisotopic (exact) mass is 287 g/mol. The zero-order chi connectivity index (χ0) is 15.4. The van der Waals surface area contributed by atoms with Gasteiger partial charge in [-0.2, -0.15) is 5.10 Å². The van der Waals surface area contributed by atoms with Crippen LogP contribution in [0.1, 0.15) is 24.1 Å². The Morgan fingerprint density at radius 1 is 1.38 bits per heavy atom. The highest BCUT2D eigenvalue weighted by atomic mass is 19.1. The molecule has 0 radical (unpaired) electrons. The molecule has 1 unspecified atom stereocenters. The molecule has 0 aliphatic rings. The van der Waals surface area contributed by atoms with Crippen LogP contribution in [0, 0.1) is 5.82 Å². The van der Waals surface area contributed by atoms with E-state index in [1.807, 2.05) is 20.2 Å². The first kappa shape index (κ1) is 15.0. The molecular formula is C16H18FN3O. The lowest BCUT2D eigenvalue weighted by Gasteiger charge is -2.24. The number of aryl methyl sites for hydroxylation is 1. The predicted octanol–water partition coefficient (Wildman–Crippen LogP) is 2.79. The van der Waals surface area contributed by atoms with Gasteiger partial charge in [0.1, 0.15) is 5.82 Å². The summed E-state index contributed by atoms with van der Waals surface area (Å²) >= 11 is 0. The van der Waals surface area contributed by atoms with Crippen molar-refractivity contribution in [1.29, 1.82) is 0 Å². The third-order valence-electron chi connectivity index (χ3n) is 3.42. The second kappa shape index (κ2) is 6.35. The maximum Gasteiger partial charge on any atom is 0.246 e. The number of rotatable bonds is 4. The summed E-state index contributed by atoms with van der Waals surface area (Å²) in [6.07, 6.45) is 6.75. The van der Waals surface area contributed by atoms with E-state index in [1.54, 1.807) is 41.0 Å². The summed E-state index contributed by atoms with van der Waals surface area (Å²) in [5.74, 6) is -0.396. The Labute approximate surface area is 123 Å². The van der Waals surface area contributed by atoms with Crippen molar-refractivity contribution >= 4 is 12.0 Å². The maximum absolute atomic E-state index is 12.9. The molecule has 0 aliphatic heterocycles. The van der Waals surface area contributed by atoms with Gasteiger partial charge in [-0.25, -0.2) is 4.39 Å². The van der Waals surface area contributed by atoms with Gasteiger partial charge in [0, 0.05) is 31.9 Å². The van der Waals surface area contributed by atoms with Crippen molar-refractivity contribution in [2.75, 3.05) is 7.05 Å². The van der Waals surface area contributed by atoms with E-state index in [0.29, 0.717) is 0 Å². The molecule has 0 bridgehead atoms. The van der Waals surface area contributed by atoms with Crippen LogP contribution in [0.25, 0.3) is 6.08 Å². The number of aromatic nitrogens is 2. The quantitative estimate of drug-likeness (QED) is 0.811. The van der Waals surface area contributed by atoms with Crippen molar-refractivity contribution in [3.8, 4) is 0 Å². The van der Waals surface area contributed by atoms with Crippen LogP contribution in [-0.4, -0.2) is 27.6 Å². The van der Waals surface area contributed by atoms with Crippen LogP contribution in [0.4, 0.5) is 4.39 Å². The number of hydrogen-bond donors (Lipinski definition) is 0. The van der Waals surface area contributed by atoms with Crippen LogP contribution in [0.2, 0.25) is 0 Å². The highest BCUT2D eigenvalue weighted by Crippen LogP contribution is 2.19. The number of carbonyl (C=O) groups is 1. The average Bonchev–Trinajstić information content (AvgIpc) is 2.89. The summed E-state index contributed by atoms with van der Waals surface area (Å²) in [7, 11) is 3.55. The third-order valence-corrected chi connectivity index (χ3v) is 3.42. The molecule has 5 heteroatoms. The van der Waals surface area contributed by atoms with Crippen LogP contribution in [0.3, 0.4) is 0 Å². The van der Waals surface area contributed by atoms with E-state index in [-0.39, 0.29) is 17.8 Å². The lowest BCUT2D eigenvalue weighted by Crippen LogP contribution is -2.27. The van der Waals surface area contributed by atoms with Gasteiger partial charge >= 0.3 is 0 Å². The van der Waals surface area contributed by atoms with Crippen molar-refractivity contribution in [2.24, 2.45) is 7.05 Å². The molecule has 4 nitrogen and oxygen atoms in total. The molecule has 0 saturated heterocycles. The summed E-state index contributed by atoms with van der Waals surface area (Å²) in [5, 5.41) is 4.04. The molecule has 1 aromatic carbocycles. The molecule has 0 aliphatic carbocycles. The Morgan fingerprint density at radius 3 is 2.62 bits per heavy atom. The average molecular weight is 287 g/mol.